The number of hydrogen-bond acceptors (Lipinski definition) is 3. The van der Waals surface area contributed by atoms with E-state index < -0.39 is 0 Å². The van der Waals surface area contributed by atoms with Gasteiger partial charge in [-0.3, -0.25) is 9.59 Å². The number of carbonyl (C=O) groups is 1. The van der Waals surface area contributed by atoms with Crippen LogP contribution in [0.4, 0.5) is 0 Å². The van der Waals surface area contributed by atoms with Crippen molar-refractivity contribution in [2.45, 2.75) is 6.42 Å². The number of amides is 1. The van der Waals surface area contributed by atoms with Gasteiger partial charge in [-0.05, 0) is 6.07 Å². The van der Waals surface area contributed by atoms with Gasteiger partial charge in [0.2, 0.25) is 5.56 Å². The van der Waals surface area contributed by atoms with E-state index in [4.69, 9.17) is 0 Å². The fraction of sp³-hybridized carbons (Fsp3) is 0.250. The summed E-state index contributed by atoms with van der Waals surface area (Å²) in [7, 11) is 1.90. The summed E-state index contributed by atoms with van der Waals surface area (Å²) in [6.45, 7) is 0.473. The fourth-order valence-electron chi connectivity index (χ4n) is 1.60. The molecule has 0 saturated heterocycles. The molecule has 0 unspecified atom stereocenters. The predicted octanol–water partition coefficient (Wildman–Crippen LogP) is 0.0809. The number of aromatic amines is 1. The lowest BCUT2D eigenvalue weighted by Crippen LogP contribution is -2.28. The van der Waals surface area contributed by atoms with Crippen LogP contribution in [-0.4, -0.2) is 27.0 Å². The second kappa shape index (κ2) is 5.31. The summed E-state index contributed by atoms with van der Waals surface area (Å²) in [5, 5.41) is 2.73. The highest BCUT2D eigenvalue weighted by Crippen LogP contribution is 1.95. The van der Waals surface area contributed by atoms with E-state index in [1.54, 1.807) is 18.3 Å². The number of aromatic nitrogens is 3. The number of nitrogens with one attached hydrogen (secondary N) is 2. The van der Waals surface area contributed by atoms with Crippen LogP contribution in [0.5, 0.6) is 0 Å². The topological polar surface area (TPSA) is 79.8 Å². The van der Waals surface area contributed by atoms with E-state index in [-0.39, 0.29) is 17.2 Å². The molecule has 2 rings (SSSR count). The standard InChI is InChI=1S/C12H14N4O2/c1-16-8-7-13-10(16)5-6-14-12(18)9-3-2-4-11(17)15-9/h2-4,7-8H,5-6H2,1H3,(H,14,18)(H,15,17). The van der Waals surface area contributed by atoms with Crippen LogP contribution in [0.15, 0.2) is 35.4 Å². The van der Waals surface area contributed by atoms with Crippen LogP contribution in [-0.2, 0) is 13.5 Å². The minimum atomic E-state index is -0.290. The summed E-state index contributed by atoms with van der Waals surface area (Å²) >= 11 is 0. The van der Waals surface area contributed by atoms with E-state index >= 15 is 0 Å². The molecule has 2 N–H and O–H groups in total. The summed E-state index contributed by atoms with van der Waals surface area (Å²) in [6, 6.07) is 4.48. The van der Waals surface area contributed by atoms with Gasteiger partial charge in [-0.15, -0.1) is 0 Å². The first-order valence-corrected chi connectivity index (χ1v) is 5.60. The molecule has 0 saturated carbocycles. The van der Waals surface area contributed by atoms with Crippen molar-refractivity contribution in [3.63, 3.8) is 0 Å². The molecule has 2 aromatic heterocycles. The molecule has 1 amide bonds. The van der Waals surface area contributed by atoms with Crippen molar-refractivity contribution in [3.8, 4) is 0 Å². The van der Waals surface area contributed by atoms with E-state index in [9.17, 15) is 9.59 Å². The molecule has 6 heteroatoms. The van der Waals surface area contributed by atoms with Crippen molar-refractivity contribution in [2.75, 3.05) is 6.54 Å². The molecular weight excluding hydrogens is 232 g/mol. The Balaban J connectivity index is 1.89. The minimum absolute atomic E-state index is 0.266. The third kappa shape index (κ3) is 2.85. The monoisotopic (exact) mass is 246 g/mol. The molecule has 94 valence electrons. The lowest BCUT2D eigenvalue weighted by atomic mass is 10.3. The largest absolute Gasteiger partial charge is 0.350 e. The van der Waals surface area contributed by atoms with Gasteiger partial charge < -0.3 is 14.9 Å². The maximum Gasteiger partial charge on any atom is 0.267 e. The van der Waals surface area contributed by atoms with Crippen molar-refractivity contribution in [1.29, 1.82) is 0 Å². The van der Waals surface area contributed by atoms with E-state index in [0.29, 0.717) is 13.0 Å². The molecule has 0 aliphatic carbocycles. The Kier molecular flexibility index (Phi) is 3.57. The smallest absolute Gasteiger partial charge is 0.267 e. The zero-order chi connectivity index (χ0) is 13.0. The summed E-state index contributed by atoms with van der Waals surface area (Å²) in [4.78, 5) is 29.4. The summed E-state index contributed by atoms with van der Waals surface area (Å²) in [6.07, 6.45) is 4.21. The van der Waals surface area contributed by atoms with Crippen molar-refractivity contribution in [1.82, 2.24) is 19.9 Å². The van der Waals surface area contributed by atoms with Gasteiger partial charge >= 0.3 is 0 Å². The molecule has 0 fully saturated rings. The summed E-state index contributed by atoms with van der Waals surface area (Å²) < 4.78 is 1.90. The van der Waals surface area contributed by atoms with Crippen LogP contribution in [0, 0.1) is 0 Å². The Hall–Kier alpha value is -2.37. The first-order chi connectivity index (χ1) is 8.66. The summed E-state index contributed by atoms with van der Waals surface area (Å²) in [5.41, 5.74) is -0.0194. The normalized spacial score (nSPS) is 10.3. The molecule has 0 radical (unpaired) electrons. The van der Waals surface area contributed by atoms with E-state index in [0.717, 1.165) is 5.82 Å². The maximum atomic E-state index is 11.7. The van der Waals surface area contributed by atoms with Gasteiger partial charge in [0.1, 0.15) is 11.5 Å². The third-order valence-corrected chi connectivity index (χ3v) is 2.57. The molecule has 0 aliphatic rings. The number of nitrogens with zero attached hydrogens (tertiary/aromatic N) is 2. The molecule has 0 atom stereocenters. The molecule has 2 aromatic rings. The van der Waals surface area contributed by atoms with Crippen LogP contribution in [0.1, 0.15) is 16.3 Å². The highest BCUT2D eigenvalue weighted by Gasteiger charge is 2.06. The number of aryl methyl sites for hydroxylation is 1. The first kappa shape index (κ1) is 12.1. The Labute approximate surface area is 104 Å². The van der Waals surface area contributed by atoms with Crippen molar-refractivity contribution in [2.24, 2.45) is 7.05 Å². The number of rotatable bonds is 4. The van der Waals surface area contributed by atoms with Gasteiger partial charge in [-0.2, -0.15) is 0 Å². The molecule has 2 heterocycles. The average molecular weight is 246 g/mol. The minimum Gasteiger partial charge on any atom is -0.350 e. The number of carbonyl (C=O) groups excluding carboxylic acids is 1. The van der Waals surface area contributed by atoms with Gasteiger partial charge in [-0.1, -0.05) is 6.07 Å². The molecule has 0 aliphatic heterocycles. The summed E-state index contributed by atoms with van der Waals surface area (Å²) in [5.74, 6) is 0.610. The quantitative estimate of drug-likeness (QED) is 0.801. The molecular formula is C12H14N4O2. The lowest BCUT2D eigenvalue weighted by Gasteiger charge is -2.05. The Morgan fingerprint density at radius 1 is 1.50 bits per heavy atom. The number of hydrogen-bond donors (Lipinski definition) is 2. The zero-order valence-corrected chi connectivity index (χ0v) is 10.0. The number of H-pyrrole nitrogens is 1. The Morgan fingerprint density at radius 2 is 2.33 bits per heavy atom. The lowest BCUT2D eigenvalue weighted by molar-refractivity contribution is 0.0948. The van der Waals surface area contributed by atoms with Gasteiger partial charge in [0.05, 0.1) is 0 Å². The maximum absolute atomic E-state index is 11.7. The second-order valence-corrected chi connectivity index (χ2v) is 3.89. The molecule has 0 bridgehead atoms. The second-order valence-electron chi connectivity index (χ2n) is 3.89. The van der Waals surface area contributed by atoms with Gasteiger partial charge in [0.15, 0.2) is 0 Å². The van der Waals surface area contributed by atoms with Crippen LogP contribution in [0.2, 0.25) is 0 Å². The molecule has 18 heavy (non-hydrogen) atoms. The first-order valence-electron chi connectivity index (χ1n) is 5.60. The van der Waals surface area contributed by atoms with E-state index in [1.165, 1.54) is 6.07 Å². The van der Waals surface area contributed by atoms with Crippen LogP contribution in [0.3, 0.4) is 0 Å². The van der Waals surface area contributed by atoms with Crippen LogP contribution < -0.4 is 10.9 Å². The van der Waals surface area contributed by atoms with Crippen molar-refractivity contribution >= 4 is 5.91 Å². The highest BCUT2D eigenvalue weighted by atomic mass is 16.2. The number of imidazole rings is 1. The zero-order valence-electron chi connectivity index (χ0n) is 10.0. The average Bonchev–Trinajstić information content (AvgIpc) is 2.75. The van der Waals surface area contributed by atoms with Crippen molar-refractivity contribution < 1.29 is 4.79 Å². The Morgan fingerprint density at radius 3 is 3.00 bits per heavy atom. The number of pyridine rings is 1. The van der Waals surface area contributed by atoms with Crippen LogP contribution in [0.25, 0.3) is 0 Å². The fourth-order valence-corrected chi connectivity index (χ4v) is 1.60. The predicted molar refractivity (Wildman–Crippen MR) is 66.3 cm³/mol. The van der Waals surface area contributed by atoms with Gasteiger partial charge in [0, 0.05) is 38.5 Å². The van der Waals surface area contributed by atoms with E-state index in [2.05, 4.69) is 15.3 Å². The van der Waals surface area contributed by atoms with Gasteiger partial charge in [0.25, 0.3) is 5.91 Å². The van der Waals surface area contributed by atoms with Crippen molar-refractivity contribution in [3.05, 3.63) is 52.5 Å². The molecule has 6 nitrogen and oxygen atoms in total. The third-order valence-electron chi connectivity index (χ3n) is 2.57. The molecule has 0 aromatic carbocycles. The molecule has 0 spiro atoms. The highest BCUT2D eigenvalue weighted by molar-refractivity contribution is 5.92. The van der Waals surface area contributed by atoms with Crippen LogP contribution >= 0.6 is 0 Å². The SMILES string of the molecule is Cn1ccnc1CCNC(=O)c1cccc(=O)[nH]1. The van der Waals surface area contributed by atoms with Gasteiger partial charge in [-0.25, -0.2) is 4.98 Å². The Bertz CT molecular complexity index is 600. The van der Waals surface area contributed by atoms with E-state index in [1.807, 2.05) is 17.8 Å².